The molecule has 8 aromatic carbocycles. The summed E-state index contributed by atoms with van der Waals surface area (Å²) < 4.78 is 2.65. The first-order valence-corrected chi connectivity index (χ1v) is 16.3. The molecule has 9 aromatic rings. The molecule has 0 aliphatic heterocycles. The highest BCUT2D eigenvalue weighted by atomic mass is 32.1. The standard InChI is InChI=1S/C44H28S/c1-3-14-29(15-4-1)31-18-13-19-32(26-31)43-34-21-7-9-23-36(34)44(37-24-10-8-22-35(37)43)40-27-39-33-20-11-12-25-41(33)45-42(39)28-38(40)30-16-5-2-6-17-30/h1-28H. The van der Waals surface area contributed by atoms with Crippen molar-refractivity contribution in [3.05, 3.63) is 170 Å². The molecule has 0 spiro atoms. The molecule has 0 N–H and O–H groups in total. The van der Waals surface area contributed by atoms with Crippen molar-refractivity contribution in [2.45, 2.75) is 0 Å². The average Bonchev–Trinajstić information content (AvgIpc) is 3.48. The molecule has 210 valence electrons. The molecule has 0 amide bonds. The minimum absolute atomic E-state index is 1.23. The van der Waals surface area contributed by atoms with Gasteiger partial charge in [-0.3, -0.25) is 0 Å². The molecule has 45 heavy (non-hydrogen) atoms. The summed E-state index contributed by atoms with van der Waals surface area (Å²) in [5.41, 5.74) is 10.0. The Balaban J connectivity index is 1.40. The molecular formula is C44H28S. The van der Waals surface area contributed by atoms with Gasteiger partial charge >= 0.3 is 0 Å². The number of hydrogen-bond donors (Lipinski definition) is 0. The first-order valence-electron chi connectivity index (χ1n) is 15.4. The summed E-state index contributed by atoms with van der Waals surface area (Å²) in [4.78, 5) is 0. The SMILES string of the molecule is c1ccc(-c2cccc(-c3c4ccccc4c(-c4cc5c(cc4-c4ccccc4)sc4ccccc45)c4ccccc34)c2)cc1. The van der Waals surface area contributed by atoms with Crippen molar-refractivity contribution in [3.63, 3.8) is 0 Å². The Hall–Kier alpha value is -5.50. The monoisotopic (exact) mass is 588 g/mol. The van der Waals surface area contributed by atoms with Crippen LogP contribution in [0.3, 0.4) is 0 Å². The molecule has 0 saturated heterocycles. The Morgan fingerprint density at radius 1 is 0.267 bits per heavy atom. The van der Waals surface area contributed by atoms with E-state index in [1.54, 1.807) is 0 Å². The van der Waals surface area contributed by atoms with E-state index in [1.165, 1.54) is 86.2 Å². The van der Waals surface area contributed by atoms with Crippen LogP contribution in [0.25, 0.3) is 86.2 Å². The summed E-state index contributed by atoms with van der Waals surface area (Å²) in [6.45, 7) is 0. The molecule has 0 bridgehead atoms. The maximum absolute atomic E-state index is 2.46. The summed E-state index contributed by atoms with van der Waals surface area (Å²) >= 11 is 1.88. The van der Waals surface area contributed by atoms with Crippen LogP contribution in [0, 0.1) is 0 Å². The van der Waals surface area contributed by atoms with E-state index >= 15 is 0 Å². The fourth-order valence-electron chi connectivity index (χ4n) is 7.05. The number of fused-ring (bicyclic) bond motifs is 5. The molecule has 1 heterocycles. The van der Waals surface area contributed by atoms with E-state index in [-0.39, 0.29) is 0 Å². The lowest BCUT2D eigenvalue weighted by Gasteiger charge is -2.20. The lowest BCUT2D eigenvalue weighted by molar-refractivity contribution is 1.61. The molecule has 0 radical (unpaired) electrons. The number of rotatable bonds is 4. The Labute approximate surface area is 266 Å². The third-order valence-corrected chi connectivity index (χ3v) is 10.2. The van der Waals surface area contributed by atoms with E-state index in [4.69, 9.17) is 0 Å². The fourth-order valence-corrected chi connectivity index (χ4v) is 8.18. The van der Waals surface area contributed by atoms with Crippen LogP contribution in [0.1, 0.15) is 0 Å². The van der Waals surface area contributed by atoms with E-state index in [9.17, 15) is 0 Å². The summed E-state index contributed by atoms with van der Waals surface area (Å²) in [7, 11) is 0. The molecule has 1 heteroatoms. The van der Waals surface area contributed by atoms with E-state index in [2.05, 4.69) is 170 Å². The van der Waals surface area contributed by atoms with E-state index < -0.39 is 0 Å². The second-order valence-electron chi connectivity index (χ2n) is 11.6. The van der Waals surface area contributed by atoms with Crippen LogP contribution in [0.15, 0.2) is 170 Å². The predicted octanol–water partition coefficient (Wildman–Crippen LogP) is 13.0. The lowest BCUT2D eigenvalue weighted by Crippen LogP contribution is -1.93. The van der Waals surface area contributed by atoms with Crippen molar-refractivity contribution < 1.29 is 0 Å². The molecule has 0 saturated carbocycles. The van der Waals surface area contributed by atoms with Crippen LogP contribution in [0.2, 0.25) is 0 Å². The van der Waals surface area contributed by atoms with Gasteiger partial charge in [0.25, 0.3) is 0 Å². The summed E-state index contributed by atoms with van der Waals surface area (Å²) in [6.07, 6.45) is 0. The molecule has 0 aliphatic rings. The third kappa shape index (κ3) is 4.28. The molecule has 1 aromatic heterocycles. The van der Waals surface area contributed by atoms with Gasteiger partial charge in [-0.2, -0.15) is 0 Å². The van der Waals surface area contributed by atoms with Crippen LogP contribution in [0.4, 0.5) is 0 Å². The zero-order valence-corrected chi connectivity index (χ0v) is 25.4. The van der Waals surface area contributed by atoms with Gasteiger partial charge in [0.2, 0.25) is 0 Å². The van der Waals surface area contributed by atoms with Gasteiger partial charge in [0, 0.05) is 20.2 Å². The van der Waals surface area contributed by atoms with E-state index in [1.807, 2.05) is 11.3 Å². The summed E-state index contributed by atoms with van der Waals surface area (Å²) in [5.74, 6) is 0. The van der Waals surface area contributed by atoms with E-state index in [0.29, 0.717) is 0 Å². The van der Waals surface area contributed by atoms with Crippen molar-refractivity contribution in [1.29, 1.82) is 0 Å². The van der Waals surface area contributed by atoms with E-state index in [0.717, 1.165) is 0 Å². The Morgan fingerprint density at radius 2 is 0.778 bits per heavy atom. The zero-order chi connectivity index (χ0) is 29.7. The normalized spacial score (nSPS) is 11.6. The van der Waals surface area contributed by atoms with Gasteiger partial charge in [-0.1, -0.05) is 146 Å². The third-order valence-electron chi connectivity index (χ3n) is 9.06. The molecule has 0 fully saturated rings. The number of hydrogen-bond acceptors (Lipinski definition) is 1. The van der Waals surface area contributed by atoms with Gasteiger partial charge in [-0.15, -0.1) is 11.3 Å². The largest absolute Gasteiger partial charge is 0.135 e. The second-order valence-corrected chi connectivity index (χ2v) is 12.7. The van der Waals surface area contributed by atoms with Crippen molar-refractivity contribution in [1.82, 2.24) is 0 Å². The van der Waals surface area contributed by atoms with Crippen LogP contribution in [-0.4, -0.2) is 0 Å². The highest BCUT2D eigenvalue weighted by Crippen LogP contribution is 2.48. The fraction of sp³-hybridized carbons (Fsp3) is 0. The van der Waals surface area contributed by atoms with Crippen molar-refractivity contribution in [2.24, 2.45) is 0 Å². The van der Waals surface area contributed by atoms with Crippen LogP contribution in [-0.2, 0) is 0 Å². The highest BCUT2D eigenvalue weighted by Gasteiger charge is 2.20. The predicted molar refractivity (Wildman–Crippen MR) is 196 cm³/mol. The van der Waals surface area contributed by atoms with Crippen molar-refractivity contribution in [3.8, 4) is 44.5 Å². The van der Waals surface area contributed by atoms with Crippen LogP contribution < -0.4 is 0 Å². The Bertz CT molecular complexity index is 2460. The first-order chi connectivity index (χ1) is 22.3. The molecule has 9 rings (SSSR count). The zero-order valence-electron chi connectivity index (χ0n) is 24.6. The summed E-state index contributed by atoms with van der Waals surface area (Å²) in [6, 6.07) is 62.2. The van der Waals surface area contributed by atoms with Gasteiger partial charge in [0.05, 0.1) is 0 Å². The number of thiophene rings is 1. The second kappa shape index (κ2) is 10.6. The maximum atomic E-state index is 2.46. The van der Waals surface area contributed by atoms with Crippen LogP contribution >= 0.6 is 11.3 Å². The smallest absolute Gasteiger partial charge is 0.0362 e. The van der Waals surface area contributed by atoms with Crippen molar-refractivity contribution >= 4 is 53.1 Å². The Morgan fingerprint density at radius 3 is 1.44 bits per heavy atom. The quantitative estimate of drug-likeness (QED) is 0.179. The minimum Gasteiger partial charge on any atom is -0.135 e. The molecule has 0 aliphatic carbocycles. The average molecular weight is 589 g/mol. The van der Waals surface area contributed by atoms with Gasteiger partial charge < -0.3 is 0 Å². The van der Waals surface area contributed by atoms with Gasteiger partial charge in [-0.05, 0) is 90.3 Å². The highest BCUT2D eigenvalue weighted by molar-refractivity contribution is 7.25. The molecule has 0 nitrogen and oxygen atoms in total. The topological polar surface area (TPSA) is 0 Å². The Kier molecular flexibility index (Phi) is 6.11. The van der Waals surface area contributed by atoms with Crippen molar-refractivity contribution in [2.75, 3.05) is 0 Å². The summed E-state index contributed by atoms with van der Waals surface area (Å²) in [5, 5.41) is 7.72. The molecule has 0 unspecified atom stereocenters. The number of benzene rings is 8. The maximum Gasteiger partial charge on any atom is 0.0362 e. The van der Waals surface area contributed by atoms with Gasteiger partial charge in [0.1, 0.15) is 0 Å². The first kappa shape index (κ1) is 25.9. The minimum atomic E-state index is 1.23. The molecular weight excluding hydrogens is 561 g/mol. The lowest BCUT2D eigenvalue weighted by atomic mass is 9.83. The molecule has 0 atom stereocenters. The van der Waals surface area contributed by atoms with Crippen LogP contribution in [0.5, 0.6) is 0 Å². The van der Waals surface area contributed by atoms with Gasteiger partial charge in [-0.25, -0.2) is 0 Å². The van der Waals surface area contributed by atoms with Gasteiger partial charge in [0.15, 0.2) is 0 Å².